The third-order valence-corrected chi connectivity index (χ3v) is 3.83. The third kappa shape index (κ3) is 4.62. The highest BCUT2D eigenvalue weighted by Gasteiger charge is 2.10. The first-order valence-electron chi connectivity index (χ1n) is 7.00. The molecule has 22 heavy (non-hydrogen) atoms. The molecule has 6 heteroatoms. The zero-order valence-corrected chi connectivity index (χ0v) is 13.8. The van der Waals surface area contributed by atoms with E-state index in [4.69, 9.17) is 9.47 Å². The Hall–Kier alpha value is -1.76. The average Bonchev–Trinajstić information content (AvgIpc) is 2.92. The normalized spacial score (nSPS) is 10.7. The lowest BCUT2D eigenvalue weighted by Gasteiger charge is -2.04. The number of rotatable bonds is 7. The van der Waals surface area contributed by atoms with Gasteiger partial charge in [0.05, 0.1) is 18.9 Å². The summed E-state index contributed by atoms with van der Waals surface area (Å²) >= 11 is 1.41. The van der Waals surface area contributed by atoms with Crippen LogP contribution in [0.2, 0.25) is 0 Å². The number of methoxy groups -OCH3 is 1. The molecule has 1 aromatic carbocycles. The quantitative estimate of drug-likeness (QED) is 0.797. The SMILES string of the molecule is COCCOCC(=O)Nc1nc(-c2ccc(C)cc2C)cs1. The number of aryl methyl sites for hydroxylation is 2. The highest BCUT2D eigenvalue weighted by Crippen LogP contribution is 2.27. The smallest absolute Gasteiger partial charge is 0.252 e. The van der Waals surface area contributed by atoms with Crippen LogP contribution in [0.1, 0.15) is 11.1 Å². The van der Waals surface area contributed by atoms with Crippen LogP contribution in [0.15, 0.2) is 23.6 Å². The van der Waals surface area contributed by atoms with Gasteiger partial charge in [0.25, 0.3) is 5.91 Å². The molecule has 0 unspecified atom stereocenters. The van der Waals surface area contributed by atoms with Crippen LogP contribution in [0.3, 0.4) is 0 Å². The summed E-state index contributed by atoms with van der Waals surface area (Å²) in [5, 5.41) is 5.26. The van der Waals surface area contributed by atoms with Crippen LogP contribution in [-0.2, 0) is 14.3 Å². The monoisotopic (exact) mass is 320 g/mol. The Morgan fingerprint density at radius 3 is 2.86 bits per heavy atom. The number of carbonyl (C=O) groups excluding carboxylic acids is 1. The number of amides is 1. The highest BCUT2D eigenvalue weighted by atomic mass is 32.1. The van der Waals surface area contributed by atoms with Crippen molar-refractivity contribution in [2.24, 2.45) is 0 Å². The molecule has 1 aromatic heterocycles. The Morgan fingerprint density at radius 1 is 1.32 bits per heavy atom. The highest BCUT2D eigenvalue weighted by molar-refractivity contribution is 7.14. The zero-order valence-electron chi connectivity index (χ0n) is 13.0. The van der Waals surface area contributed by atoms with Gasteiger partial charge in [0.2, 0.25) is 0 Å². The first-order valence-corrected chi connectivity index (χ1v) is 7.88. The Bertz CT molecular complexity index is 640. The van der Waals surface area contributed by atoms with Gasteiger partial charge in [-0.25, -0.2) is 4.98 Å². The number of nitrogens with zero attached hydrogens (tertiary/aromatic N) is 1. The fourth-order valence-electron chi connectivity index (χ4n) is 2.02. The molecule has 118 valence electrons. The molecule has 0 fully saturated rings. The van der Waals surface area contributed by atoms with Gasteiger partial charge in [0.15, 0.2) is 5.13 Å². The second kappa shape index (κ2) is 8.03. The minimum absolute atomic E-state index is 0.00182. The summed E-state index contributed by atoms with van der Waals surface area (Å²) in [4.78, 5) is 16.2. The predicted molar refractivity (Wildman–Crippen MR) is 88.3 cm³/mol. The Labute approximate surface area is 134 Å². The number of hydrogen-bond acceptors (Lipinski definition) is 5. The number of hydrogen-bond donors (Lipinski definition) is 1. The largest absolute Gasteiger partial charge is 0.382 e. The number of anilines is 1. The molecule has 1 heterocycles. The number of thiazole rings is 1. The molecule has 5 nitrogen and oxygen atoms in total. The summed E-state index contributed by atoms with van der Waals surface area (Å²) in [6, 6.07) is 6.24. The van der Waals surface area contributed by atoms with Gasteiger partial charge in [-0.2, -0.15) is 0 Å². The van der Waals surface area contributed by atoms with Crippen molar-refractivity contribution in [1.82, 2.24) is 4.98 Å². The van der Waals surface area contributed by atoms with Gasteiger partial charge in [0, 0.05) is 18.1 Å². The van der Waals surface area contributed by atoms with E-state index in [0.717, 1.165) is 11.3 Å². The lowest BCUT2D eigenvalue weighted by molar-refractivity contribution is -0.121. The Balaban J connectivity index is 1.95. The number of nitrogens with one attached hydrogen (secondary N) is 1. The molecule has 0 aliphatic carbocycles. The maximum atomic E-state index is 11.7. The molecule has 2 aromatic rings. The second-order valence-electron chi connectivity index (χ2n) is 4.95. The van der Waals surface area contributed by atoms with Gasteiger partial charge in [-0.1, -0.05) is 23.8 Å². The van der Waals surface area contributed by atoms with Gasteiger partial charge in [-0.15, -0.1) is 11.3 Å². The van der Waals surface area contributed by atoms with E-state index in [2.05, 4.69) is 42.3 Å². The van der Waals surface area contributed by atoms with Crippen molar-refractivity contribution >= 4 is 22.4 Å². The minimum atomic E-state index is -0.211. The van der Waals surface area contributed by atoms with E-state index in [1.807, 2.05) is 5.38 Å². The minimum Gasteiger partial charge on any atom is -0.382 e. The topological polar surface area (TPSA) is 60.5 Å². The van der Waals surface area contributed by atoms with Crippen LogP contribution in [0.4, 0.5) is 5.13 Å². The van der Waals surface area contributed by atoms with Crippen molar-refractivity contribution in [2.75, 3.05) is 32.2 Å². The summed E-state index contributed by atoms with van der Waals surface area (Å²) in [6.45, 7) is 5.00. The number of benzene rings is 1. The van der Waals surface area contributed by atoms with Gasteiger partial charge < -0.3 is 9.47 Å². The Morgan fingerprint density at radius 2 is 2.14 bits per heavy atom. The van der Waals surface area contributed by atoms with Crippen molar-refractivity contribution in [3.05, 3.63) is 34.7 Å². The van der Waals surface area contributed by atoms with E-state index in [1.54, 1.807) is 7.11 Å². The molecule has 0 aliphatic rings. The Kier molecular flexibility index (Phi) is 6.06. The molecule has 0 radical (unpaired) electrons. The van der Waals surface area contributed by atoms with Crippen LogP contribution in [0.25, 0.3) is 11.3 Å². The summed E-state index contributed by atoms with van der Waals surface area (Å²) in [5.41, 5.74) is 4.35. The lowest BCUT2D eigenvalue weighted by Crippen LogP contribution is -2.19. The van der Waals surface area contributed by atoms with Crippen molar-refractivity contribution in [1.29, 1.82) is 0 Å². The standard InChI is InChI=1S/C16H20N2O3S/c1-11-4-5-13(12(2)8-11)14-10-22-16(17-14)18-15(19)9-21-7-6-20-3/h4-5,8,10H,6-7,9H2,1-3H3,(H,17,18,19). The third-order valence-electron chi connectivity index (χ3n) is 3.07. The van der Waals surface area contributed by atoms with E-state index in [0.29, 0.717) is 18.3 Å². The molecule has 0 atom stereocenters. The molecule has 0 bridgehead atoms. The van der Waals surface area contributed by atoms with Gasteiger partial charge >= 0.3 is 0 Å². The van der Waals surface area contributed by atoms with Crippen molar-refractivity contribution < 1.29 is 14.3 Å². The fraction of sp³-hybridized carbons (Fsp3) is 0.375. The lowest BCUT2D eigenvalue weighted by atomic mass is 10.0. The van der Waals surface area contributed by atoms with Crippen LogP contribution < -0.4 is 5.32 Å². The predicted octanol–water partition coefficient (Wildman–Crippen LogP) is 3.03. The van der Waals surface area contributed by atoms with E-state index in [-0.39, 0.29) is 12.5 Å². The number of aromatic nitrogens is 1. The molecule has 1 amide bonds. The molecular formula is C16H20N2O3S. The second-order valence-corrected chi connectivity index (χ2v) is 5.81. The van der Waals surface area contributed by atoms with Gasteiger partial charge in [-0.05, 0) is 19.4 Å². The van der Waals surface area contributed by atoms with Crippen LogP contribution in [-0.4, -0.2) is 37.8 Å². The molecule has 2 rings (SSSR count). The number of carbonyl (C=O) groups is 1. The number of ether oxygens (including phenoxy) is 2. The van der Waals surface area contributed by atoms with Crippen molar-refractivity contribution in [3.8, 4) is 11.3 Å². The van der Waals surface area contributed by atoms with Crippen LogP contribution in [0, 0.1) is 13.8 Å². The molecule has 0 aliphatic heterocycles. The molecule has 0 spiro atoms. The van der Waals surface area contributed by atoms with Crippen LogP contribution in [0.5, 0.6) is 0 Å². The summed E-state index contributed by atoms with van der Waals surface area (Å²) in [6.07, 6.45) is 0. The fourth-order valence-corrected chi connectivity index (χ4v) is 2.75. The molecule has 0 saturated heterocycles. The zero-order chi connectivity index (χ0) is 15.9. The van der Waals surface area contributed by atoms with E-state index < -0.39 is 0 Å². The molecule has 0 saturated carbocycles. The first kappa shape index (κ1) is 16.6. The van der Waals surface area contributed by atoms with Gasteiger partial charge in [0.1, 0.15) is 6.61 Å². The maximum Gasteiger partial charge on any atom is 0.252 e. The average molecular weight is 320 g/mol. The van der Waals surface area contributed by atoms with Gasteiger partial charge in [-0.3, -0.25) is 10.1 Å². The van der Waals surface area contributed by atoms with E-state index >= 15 is 0 Å². The van der Waals surface area contributed by atoms with E-state index in [1.165, 1.54) is 22.5 Å². The summed E-state index contributed by atoms with van der Waals surface area (Å²) in [5.74, 6) is -0.211. The first-order chi connectivity index (χ1) is 10.6. The molecule has 1 N–H and O–H groups in total. The summed E-state index contributed by atoms with van der Waals surface area (Å²) < 4.78 is 10.0. The van der Waals surface area contributed by atoms with Crippen LogP contribution >= 0.6 is 11.3 Å². The molecular weight excluding hydrogens is 300 g/mol. The van der Waals surface area contributed by atoms with E-state index in [9.17, 15) is 4.79 Å². The summed E-state index contributed by atoms with van der Waals surface area (Å²) in [7, 11) is 1.59. The maximum absolute atomic E-state index is 11.7. The van der Waals surface area contributed by atoms with Crippen molar-refractivity contribution in [2.45, 2.75) is 13.8 Å². The van der Waals surface area contributed by atoms with Crippen molar-refractivity contribution in [3.63, 3.8) is 0 Å².